The van der Waals surface area contributed by atoms with Crippen LogP contribution in [0, 0.1) is 6.57 Å². The first kappa shape index (κ1) is 9.26. The molecule has 0 spiro atoms. The number of hydrogen-bond donors (Lipinski definition) is 0. The molecular formula is C10H10BNO2. The third kappa shape index (κ3) is 1.95. The molecule has 2 rings (SSSR count). The van der Waals surface area contributed by atoms with Gasteiger partial charge < -0.3 is 9.31 Å². The van der Waals surface area contributed by atoms with Crippen molar-refractivity contribution in [2.45, 2.75) is 6.42 Å². The van der Waals surface area contributed by atoms with Gasteiger partial charge in [0.15, 0.2) is 5.69 Å². The lowest BCUT2D eigenvalue weighted by molar-refractivity contribution is 0.143. The number of nitrogens with zero attached hydrogens (tertiary/aromatic N) is 1. The Morgan fingerprint density at radius 3 is 2.79 bits per heavy atom. The van der Waals surface area contributed by atoms with E-state index in [1.165, 1.54) is 0 Å². The molecule has 14 heavy (non-hydrogen) atoms. The fourth-order valence-electron chi connectivity index (χ4n) is 1.42. The summed E-state index contributed by atoms with van der Waals surface area (Å²) in [6, 6.07) is 7.36. The average molecular weight is 187 g/mol. The summed E-state index contributed by atoms with van der Waals surface area (Å²) in [6.07, 6.45) is 0.943. The molecule has 1 aromatic carbocycles. The lowest BCUT2D eigenvalue weighted by atomic mass is 9.78. The van der Waals surface area contributed by atoms with Gasteiger partial charge in [-0.1, -0.05) is 24.3 Å². The maximum absolute atomic E-state index is 6.90. The molecule has 1 saturated heterocycles. The Kier molecular flexibility index (Phi) is 2.83. The summed E-state index contributed by atoms with van der Waals surface area (Å²) in [5, 5.41) is 0. The van der Waals surface area contributed by atoms with E-state index in [-0.39, 0.29) is 7.12 Å². The Labute approximate surface area is 83.6 Å². The van der Waals surface area contributed by atoms with E-state index in [4.69, 9.17) is 15.9 Å². The third-order valence-corrected chi connectivity index (χ3v) is 2.10. The predicted molar refractivity (Wildman–Crippen MR) is 54.6 cm³/mol. The Morgan fingerprint density at radius 1 is 1.29 bits per heavy atom. The smallest absolute Gasteiger partial charge is 0.407 e. The minimum absolute atomic E-state index is 0.287. The van der Waals surface area contributed by atoms with E-state index in [1.54, 1.807) is 6.07 Å². The Hall–Kier alpha value is -1.31. The van der Waals surface area contributed by atoms with Gasteiger partial charge >= 0.3 is 7.12 Å². The van der Waals surface area contributed by atoms with Crippen molar-refractivity contribution in [3.63, 3.8) is 0 Å². The number of hydrogen-bond acceptors (Lipinski definition) is 2. The van der Waals surface area contributed by atoms with Crippen molar-refractivity contribution in [1.82, 2.24) is 0 Å². The Morgan fingerprint density at radius 2 is 2.07 bits per heavy atom. The van der Waals surface area contributed by atoms with E-state index in [0.29, 0.717) is 5.69 Å². The highest BCUT2D eigenvalue weighted by Crippen LogP contribution is 2.10. The first-order valence-electron chi connectivity index (χ1n) is 4.61. The number of rotatable bonds is 1. The second-order valence-corrected chi connectivity index (χ2v) is 3.13. The molecule has 70 valence electrons. The van der Waals surface area contributed by atoms with Gasteiger partial charge in [-0.2, -0.15) is 0 Å². The van der Waals surface area contributed by atoms with Crippen LogP contribution < -0.4 is 5.46 Å². The molecule has 1 aromatic rings. The topological polar surface area (TPSA) is 22.8 Å². The highest BCUT2D eigenvalue weighted by atomic mass is 16.6. The van der Waals surface area contributed by atoms with Crippen molar-refractivity contribution in [3.8, 4) is 0 Å². The second kappa shape index (κ2) is 4.27. The van der Waals surface area contributed by atoms with E-state index in [2.05, 4.69) is 4.85 Å². The summed E-state index contributed by atoms with van der Waals surface area (Å²) >= 11 is 0. The molecule has 0 amide bonds. The van der Waals surface area contributed by atoms with Crippen LogP contribution in [0.15, 0.2) is 24.3 Å². The summed E-state index contributed by atoms with van der Waals surface area (Å²) in [5.74, 6) is 0. The highest BCUT2D eigenvalue weighted by Gasteiger charge is 2.23. The van der Waals surface area contributed by atoms with Crippen molar-refractivity contribution in [3.05, 3.63) is 35.7 Å². The molecule has 1 heterocycles. The molecule has 0 N–H and O–H groups in total. The summed E-state index contributed by atoms with van der Waals surface area (Å²) in [4.78, 5) is 3.36. The third-order valence-electron chi connectivity index (χ3n) is 2.10. The van der Waals surface area contributed by atoms with Gasteiger partial charge in [0, 0.05) is 13.2 Å². The maximum atomic E-state index is 6.90. The van der Waals surface area contributed by atoms with Crippen molar-refractivity contribution < 1.29 is 9.31 Å². The normalized spacial score (nSPS) is 16.4. The van der Waals surface area contributed by atoms with Crippen molar-refractivity contribution >= 4 is 18.3 Å². The zero-order valence-electron chi connectivity index (χ0n) is 7.77. The molecule has 1 aliphatic rings. The standard InChI is InChI=1S/C10H10BNO2/c1-12-10-5-2-4-9(8-10)11-13-6-3-7-14-11/h2,4-5,8H,3,6-7H2. The van der Waals surface area contributed by atoms with Gasteiger partial charge in [-0.3, -0.25) is 0 Å². The molecule has 0 unspecified atom stereocenters. The lowest BCUT2D eigenvalue weighted by Crippen LogP contribution is -2.40. The van der Waals surface area contributed by atoms with E-state index < -0.39 is 0 Å². The van der Waals surface area contributed by atoms with Gasteiger partial charge in [-0.15, -0.1) is 0 Å². The second-order valence-electron chi connectivity index (χ2n) is 3.13. The van der Waals surface area contributed by atoms with E-state index in [9.17, 15) is 0 Å². The van der Waals surface area contributed by atoms with E-state index in [1.807, 2.05) is 18.2 Å². The largest absolute Gasteiger partial charge is 0.492 e. The summed E-state index contributed by atoms with van der Waals surface area (Å²) in [5.41, 5.74) is 1.55. The Bertz CT molecular complexity index is 355. The molecule has 1 fully saturated rings. The maximum Gasteiger partial charge on any atom is 0.492 e. The van der Waals surface area contributed by atoms with Crippen LogP contribution in [-0.4, -0.2) is 20.3 Å². The quantitative estimate of drug-likeness (QED) is 0.489. The average Bonchev–Trinajstić information content (AvgIpc) is 2.30. The summed E-state index contributed by atoms with van der Waals surface area (Å²) in [7, 11) is -0.287. The van der Waals surface area contributed by atoms with Crippen LogP contribution in [0.3, 0.4) is 0 Å². The summed E-state index contributed by atoms with van der Waals surface area (Å²) in [6.45, 7) is 8.36. The highest BCUT2D eigenvalue weighted by molar-refractivity contribution is 6.61. The fraction of sp³-hybridized carbons (Fsp3) is 0.300. The number of benzene rings is 1. The molecule has 1 aliphatic heterocycles. The lowest BCUT2D eigenvalue weighted by Gasteiger charge is -2.19. The minimum Gasteiger partial charge on any atom is -0.407 e. The first-order valence-corrected chi connectivity index (χ1v) is 4.61. The van der Waals surface area contributed by atoms with Crippen LogP contribution in [0.4, 0.5) is 5.69 Å². The molecule has 0 radical (unpaired) electrons. The van der Waals surface area contributed by atoms with Gasteiger partial charge in [0.25, 0.3) is 0 Å². The van der Waals surface area contributed by atoms with Crippen LogP contribution in [0.1, 0.15) is 6.42 Å². The molecule has 0 bridgehead atoms. The van der Waals surface area contributed by atoms with E-state index >= 15 is 0 Å². The van der Waals surface area contributed by atoms with Crippen LogP contribution in [0.5, 0.6) is 0 Å². The molecular weight excluding hydrogens is 177 g/mol. The van der Waals surface area contributed by atoms with Gasteiger partial charge in [0.2, 0.25) is 0 Å². The van der Waals surface area contributed by atoms with Gasteiger partial charge in [0.05, 0.1) is 6.57 Å². The molecule has 0 saturated carbocycles. The monoisotopic (exact) mass is 187 g/mol. The fourth-order valence-corrected chi connectivity index (χ4v) is 1.42. The van der Waals surface area contributed by atoms with Crippen LogP contribution >= 0.6 is 0 Å². The van der Waals surface area contributed by atoms with Gasteiger partial charge in [-0.05, 0) is 11.9 Å². The van der Waals surface area contributed by atoms with Gasteiger partial charge in [-0.25, -0.2) is 4.85 Å². The summed E-state index contributed by atoms with van der Waals surface area (Å²) < 4.78 is 10.9. The minimum atomic E-state index is -0.287. The molecule has 0 aliphatic carbocycles. The van der Waals surface area contributed by atoms with Crippen molar-refractivity contribution in [2.75, 3.05) is 13.2 Å². The molecule has 3 nitrogen and oxygen atoms in total. The van der Waals surface area contributed by atoms with Crippen LogP contribution in [0.2, 0.25) is 0 Å². The van der Waals surface area contributed by atoms with Crippen molar-refractivity contribution in [2.24, 2.45) is 0 Å². The van der Waals surface area contributed by atoms with Crippen LogP contribution in [-0.2, 0) is 9.31 Å². The van der Waals surface area contributed by atoms with E-state index in [0.717, 1.165) is 25.1 Å². The van der Waals surface area contributed by atoms with Crippen LogP contribution in [0.25, 0.3) is 4.85 Å². The Balaban J connectivity index is 2.18. The zero-order valence-corrected chi connectivity index (χ0v) is 7.77. The SMILES string of the molecule is [C-]#[N+]c1cccc(B2OCCCO2)c1. The predicted octanol–water partition coefficient (Wildman–Crippen LogP) is 1.37. The van der Waals surface area contributed by atoms with Crippen molar-refractivity contribution in [1.29, 1.82) is 0 Å². The molecule has 4 heteroatoms. The first-order chi connectivity index (χ1) is 6.90. The zero-order chi connectivity index (χ0) is 9.80. The molecule has 0 aromatic heterocycles. The van der Waals surface area contributed by atoms with Gasteiger partial charge in [0.1, 0.15) is 0 Å². The molecule has 0 atom stereocenters.